The van der Waals surface area contributed by atoms with Crippen molar-refractivity contribution in [3.63, 3.8) is 0 Å². The predicted molar refractivity (Wildman–Crippen MR) is 129 cm³/mol. The van der Waals surface area contributed by atoms with Gasteiger partial charge in [-0.15, -0.1) is 0 Å². The number of aromatic nitrogens is 1. The first kappa shape index (κ1) is 24.6. The summed E-state index contributed by atoms with van der Waals surface area (Å²) in [6.45, 7) is 4.71. The zero-order chi connectivity index (χ0) is 23.6. The smallest absolute Gasteiger partial charge is 0.271 e. The molecule has 2 aromatic carbocycles. The second-order valence-electron chi connectivity index (χ2n) is 7.02. The molecule has 0 aliphatic carbocycles. The van der Waals surface area contributed by atoms with E-state index in [9.17, 15) is 10.1 Å². The number of benzene rings is 2. The number of halogens is 2. The Morgan fingerprint density at radius 1 is 1.00 bits per heavy atom. The van der Waals surface area contributed by atoms with Gasteiger partial charge in [-0.05, 0) is 36.8 Å². The first-order chi connectivity index (χ1) is 16.0. The highest BCUT2D eigenvalue weighted by molar-refractivity contribution is 6.33. The number of nitro benzene ring substituents is 1. The lowest BCUT2D eigenvalue weighted by Gasteiger charge is -2.14. The van der Waals surface area contributed by atoms with E-state index in [1.54, 1.807) is 18.3 Å². The van der Waals surface area contributed by atoms with Crippen molar-refractivity contribution in [2.24, 2.45) is 0 Å². The van der Waals surface area contributed by atoms with E-state index in [-0.39, 0.29) is 5.69 Å². The van der Waals surface area contributed by atoms with Crippen molar-refractivity contribution in [2.75, 3.05) is 25.0 Å². The van der Waals surface area contributed by atoms with Crippen LogP contribution < -0.4 is 20.1 Å². The normalized spacial score (nSPS) is 10.6. The summed E-state index contributed by atoms with van der Waals surface area (Å²) < 4.78 is 11.6. The van der Waals surface area contributed by atoms with Gasteiger partial charge in [0.2, 0.25) is 0 Å². The highest BCUT2D eigenvalue weighted by Gasteiger charge is 2.10. The number of nitrogens with zero attached hydrogens (tertiary/aromatic N) is 2. The number of pyridine rings is 1. The zero-order valence-electron chi connectivity index (χ0n) is 18.0. The summed E-state index contributed by atoms with van der Waals surface area (Å²) in [5.74, 6) is 1.33. The molecule has 0 saturated carbocycles. The number of hydrogen-bond acceptors (Lipinski definition) is 7. The van der Waals surface area contributed by atoms with E-state index in [1.807, 2.05) is 31.2 Å². The van der Waals surface area contributed by atoms with E-state index in [2.05, 4.69) is 15.6 Å². The fourth-order valence-electron chi connectivity index (χ4n) is 2.98. The van der Waals surface area contributed by atoms with Gasteiger partial charge in [-0.2, -0.15) is 0 Å². The van der Waals surface area contributed by atoms with Crippen molar-refractivity contribution in [2.45, 2.75) is 20.1 Å². The largest absolute Gasteiger partial charge is 0.490 e. The summed E-state index contributed by atoms with van der Waals surface area (Å²) in [5, 5.41) is 18.1. The molecule has 0 amide bonds. The average Bonchev–Trinajstić information content (AvgIpc) is 2.80. The number of nitro groups is 1. The van der Waals surface area contributed by atoms with E-state index >= 15 is 0 Å². The molecule has 0 saturated heterocycles. The first-order valence-corrected chi connectivity index (χ1v) is 11.1. The molecule has 33 heavy (non-hydrogen) atoms. The zero-order valence-corrected chi connectivity index (χ0v) is 19.5. The number of anilines is 1. The van der Waals surface area contributed by atoms with Crippen LogP contribution in [0.5, 0.6) is 11.5 Å². The Bertz CT molecular complexity index is 1080. The number of nitrogens with one attached hydrogen (secondary N) is 2. The van der Waals surface area contributed by atoms with Gasteiger partial charge in [0.1, 0.15) is 11.8 Å². The van der Waals surface area contributed by atoms with Crippen LogP contribution in [0, 0.1) is 10.1 Å². The van der Waals surface area contributed by atoms with Crippen molar-refractivity contribution in [3.8, 4) is 11.5 Å². The minimum Gasteiger partial charge on any atom is -0.490 e. The van der Waals surface area contributed by atoms with Gasteiger partial charge >= 0.3 is 0 Å². The summed E-state index contributed by atoms with van der Waals surface area (Å²) in [6, 6.07) is 13.8. The van der Waals surface area contributed by atoms with Crippen molar-refractivity contribution in [3.05, 3.63) is 86.1 Å². The molecule has 2 N–H and O–H groups in total. The molecular weight excluding hydrogens is 467 g/mol. The van der Waals surface area contributed by atoms with E-state index in [0.717, 1.165) is 11.1 Å². The number of rotatable bonds is 12. The maximum atomic E-state index is 10.8. The molecule has 8 nitrogen and oxygen atoms in total. The Morgan fingerprint density at radius 3 is 2.52 bits per heavy atom. The van der Waals surface area contributed by atoms with E-state index in [1.165, 1.54) is 12.1 Å². The second-order valence-corrected chi connectivity index (χ2v) is 7.81. The lowest BCUT2D eigenvalue weighted by Crippen LogP contribution is -2.22. The summed E-state index contributed by atoms with van der Waals surface area (Å²) in [6.07, 6.45) is 1.68. The Balaban J connectivity index is 1.49. The number of non-ortho nitro benzene ring substituents is 1. The number of ether oxygens (including phenoxy) is 2. The van der Waals surface area contributed by atoms with Crippen molar-refractivity contribution < 1.29 is 14.4 Å². The van der Waals surface area contributed by atoms with Gasteiger partial charge in [-0.3, -0.25) is 10.1 Å². The summed E-state index contributed by atoms with van der Waals surface area (Å²) in [7, 11) is 0. The van der Waals surface area contributed by atoms with E-state index in [4.69, 9.17) is 32.7 Å². The van der Waals surface area contributed by atoms with Gasteiger partial charge < -0.3 is 20.1 Å². The van der Waals surface area contributed by atoms with Gasteiger partial charge in [-0.1, -0.05) is 35.3 Å². The monoisotopic (exact) mass is 490 g/mol. The number of hydrogen-bond donors (Lipinski definition) is 2. The van der Waals surface area contributed by atoms with Crippen LogP contribution in [0.1, 0.15) is 18.1 Å². The summed E-state index contributed by atoms with van der Waals surface area (Å²) in [5.41, 5.74) is 2.58. The topological polar surface area (TPSA) is 98.5 Å². The molecule has 0 aliphatic heterocycles. The van der Waals surface area contributed by atoms with Crippen LogP contribution >= 0.6 is 23.2 Å². The van der Waals surface area contributed by atoms with Crippen LogP contribution in [-0.4, -0.2) is 29.6 Å². The average molecular weight is 491 g/mol. The molecule has 3 aromatic rings. The lowest BCUT2D eigenvalue weighted by atomic mass is 10.2. The quantitative estimate of drug-likeness (QED) is 0.150. The minimum absolute atomic E-state index is 0.0361. The molecule has 0 radical (unpaired) electrons. The van der Waals surface area contributed by atoms with Gasteiger partial charge in [-0.25, -0.2) is 4.98 Å². The van der Waals surface area contributed by atoms with E-state index < -0.39 is 4.92 Å². The molecule has 0 unspecified atom stereocenters. The van der Waals surface area contributed by atoms with Crippen LogP contribution in [0.2, 0.25) is 10.2 Å². The molecule has 0 bridgehead atoms. The van der Waals surface area contributed by atoms with Gasteiger partial charge in [0.05, 0.1) is 22.2 Å². The maximum absolute atomic E-state index is 10.8. The van der Waals surface area contributed by atoms with Crippen LogP contribution in [0.3, 0.4) is 0 Å². The standard InChI is InChI=1S/C23H24Cl2N4O4/c1-2-32-22-11-16(3-7-21(22)33-15-17-4-8-23(25)28-14-17)13-26-9-10-27-20-6-5-18(29(30)31)12-19(20)24/h3-8,11-12,14,26-27H,2,9-10,13,15H2,1H3. The highest BCUT2D eigenvalue weighted by atomic mass is 35.5. The highest BCUT2D eigenvalue weighted by Crippen LogP contribution is 2.29. The molecule has 1 aromatic heterocycles. The molecule has 0 fully saturated rings. The Kier molecular flexibility index (Phi) is 9.12. The fraction of sp³-hybridized carbons (Fsp3) is 0.261. The van der Waals surface area contributed by atoms with E-state index in [0.29, 0.717) is 60.2 Å². The Morgan fingerprint density at radius 2 is 1.82 bits per heavy atom. The molecule has 10 heteroatoms. The minimum atomic E-state index is -0.473. The third kappa shape index (κ3) is 7.49. The van der Waals surface area contributed by atoms with Gasteiger partial charge in [0.15, 0.2) is 11.5 Å². The first-order valence-electron chi connectivity index (χ1n) is 10.3. The fourth-order valence-corrected chi connectivity index (χ4v) is 3.34. The molecule has 0 spiro atoms. The molecule has 0 aliphatic rings. The van der Waals surface area contributed by atoms with Crippen LogP contribution in [0.25, 0.3) is 0 Å². The summed E-state index contributed by atoms with van der Waals surface area (Å²) in [4.78, 5) is 14.4. The Hall–Kier alpha value is -3.07. The predicted octanol–water partition coefficient (Wildman–Crippen LogP) is 5.48. The molecular formula is C23H24Cl2N4O4. The summed E-state index contributed by atoms with van der Waals surface area (Å²) >= 11 is 11.9. The lowest BCUT2D eigenvalue weighted by molar-refractivity contribution is -0.384. The van der Waals surface area contributed by atoms with Gasteiger partial charge in [0, 0.05) is 43.5 Å². The maximum Gasteiger partial charge on any atom is 0.271 e. The van der Waals surface area contributed by atoms with Crippen molar-refractivity contribution in [1.29, 1.82) is 0 Å². The van der Waals surface area contributed by atoms with Crippen LogP contribution in [0.15, 0.2) is 54.7 Å². The molecule has 174 valence electrons. The molecule has 0 atom stereocenters. The van der Waals surface area contributed by atoms with Crippen LogP contribution in [-0.2, 0) is 13.2 Å². The second kappa shape index (κ2) is 12.2. The third-order valence-electron chi connectivity index (χ3n) is 4.60. The molecule has 1 heterocycles. The van der Waals surface area contributed by atoms with Crippen molar-refractivity contribution >= 4 is 34.6 Å². The van der Waals surface area contributed by atoms with Gasteiger partial charge in [0.25, 0.3) is 5.69 Å². The van der Waals surface area contributed by atoms with Crippen molar-refractivity contribution in [1.82, 2.24) is 10.3 Å². The Labute approximate surface area is 202 Å². The molecule has 3 rings (SSSR count). The third-order valence-corrected chi connectivity index (χ3v) is 5.14. The van der Waals surface area contributed by atoms with Crippen LogP contribution in [0.4, 0.5) is 11.4 Å². The SMILES string of the molecule is CCOc1cc(CNCCNc2ccc([N+](=O)[O-])cc2Cl)ccc1OCc1ccc(Cl)nc1.